The Kier molecular flexibility index (Phi) is 8.84. The lowest BCUT2D eigenvalue weighted by molar-refractivity contribution is 0.0376. The van der Waals surface area contributed by atoms with Gasteiger partial charge in [0.15, 0.2) is 5.96 Å². The van der Waals surface area contributed by atoms with E-state index >= 15 is 0 Å². The first-order chi connectivity index (χ1) is 13.8. The van der Waals surface area contributed by atoms with Gasteiger partial charge in [0.1, 0.15) is 6.10 Å². The molecule has 1 saturated carbocycles. The lowest BCUT2D eigenvalue weighted by atomic mass is 10.3. The third-order valence-electron chi connectivity index (χ3n) is 5.20. The molecule has 1 aromatic heterocycles. The minimum atomic E-state index is 0.346. The number of pyridine rings is 1. The smallest absolute Gasteiger partial charge is 0.213 e. The maximum Gasteiger partial charge on any atom is 0.213 e. The first-order valence-electron chi connectivity index (χ1n) is 10.8. The number of morpholine rings is 1. The summed E-state index contributed by atoms with van der Waals surface area (Å²) in [5.41, 5.74) is 1.09. The largest absolute Gasteiger partial charge is 0.474 e. The van der Waals surface area contributed by atoms with Crippen LogP contribution in [0.5, 0.6) is 5.88 Å². The Hall–Kier alpha value is -1.86. The van der Waals surface area contributed by atoms with Crippen molar-refractivity contribution in [3.63, 3.8) is 0 Å². The summed E-state index contributed by atoms with van der Waals surface area (Å²) in [4.78, 5) is 11.6. The van der Waals surface area contributed by atoms with E-state index in [1.807, 2.05) is 12.3 Å². The number of aromatic nitrogens is 1. The summed E-state index contributed by atoms with van der Waals surface area (Å²) < 4.78 is 11.3. The molecule has 2 aliphatic rings. The van der Waals surface area contributed by atoms with E-state index in [0.29, 0.717) is 12.6 Å². The molecule has 156 valence electrons. The highest BCUT2D eigenvalue weighted by atomic mass is 16.5. The molecule has 1 aromatic rings. The normalized spacial score (nSPS) is 19.0. The highest BCUT2D eigenvalue weighted by Gasteiger charge is 2.16. The van der Waals surface area contributed by atoms with E-state index < -0.39 is 0 Å². The lowest BCUT2D eigenvalue weighted by Crippen LogP contribution is -2.40. The molecule has 0 spiro atoms. The Morgan fingerprint density at radius 1 is 1.25 bits per heavy atom. The summed E-state index contributed by atoms with van der Waals surface area (Å²) in [6.45, 7) is 9.35. The number of hydrogen-bond acceptors (Lipinski definition) is 5. The zero-order chi connectivity index (χ0) is 19.4. The monoisotopic (exact) mass is 389 g/mol. The fraction of sp³-hybridized carbons (Fsp3) is 0.714. The van der Waals surface area contributed by atoms with Crippen molar-refractivity contribution in [1.82, 2.24) is 20.5 Å². The second-order valence-corrected chi connectivity index (χ2v) is 7.46. The Labute approximate surface area is 168 Å². The van der Waals surface area contributed by atoms with Crippen LogP contribution in [0.15, 0.2) is 23.3 Å². The fourth-order valence-electron chi connectivity index (χ4n) is 3.60. The van der Waals surface area contributed by atoms with Crippen molar-refractivity contribution in [3.05, 3.63) is 23.9 Å². The summed E-state index contributed by atoms with van der Waals surface area (Å²) >= 11 is 0. The summed E-state index contributed by atoms with van der Waals surface area (Å²) in [6.07, 6.45) is 8.15. The highest BCUT2D eigenvalue weighted by Crippen LogP contribution is 2.22. The number of aliphatic imine (C=N–C) groups is 1. The molecular weight excluding hydrogens is 354 g/mol. The molecule has 3 rings (SSSR count). The molecule has 0 unspecified atom stereocenters. The maximum atomic E-state index is 5.93. The van der Waals surface area contributed by atoms with Crippen LogP contribution in [0.3, 0.4) is 0 Å². The van der Waals surface area contributed by atoms with Gasteiger partial charge >= 0.3 is 0 Å². The molecule has 7 heteroatoms. The van der Waals surface area contributed by atoms with E-state index in [1.54, 1.807) is 0 Å². The van der Waals surface area contributed by atoms with Gasteiger partial charge in [0.25, 0.3) is 0 Å². The average molecular weight is 390 g/mol. The van der Waals surface area contributed by atoms with Gasteiger partial charge in [-0.2, -0.15) is 0 Å². The fourth-order valence-corrected chi connectivity index (χ4v) is 3.60. The van der Waals surface area contributed by atoms with Crippen molar-refractivity contribution >= 4 is 5.96 Å². The third kappa shape index (κ3) is 7.28. The van der Waals surface area contributed by atoms with Crippen LogP contribution in [0, 0.1) is 0 Å². The molecule has 28 heavy (non-hydrogen) atoms. The van der Waals surface area contributed by atoms with E-state index in [9.17, 15) is 0 Å². The van der Waals surface area contributed by atoms with Crippen LogP contribution < -0.4 is 15.4 Å². The van der Waals surface area contributed by atoms with Gasteiger partial charge < -0.3 is 20.1 Å². The van der Waals surface area contributed by atoms with Gasteiger partial charge in [0, 0.05) is 38.4 Å². The van der Waals surface area contributed by atoms with E-state index in [0.717, 1.165) is 82.6 Å². The zero-order valence-corrected chi connectivity index (χ0v) is 17.2. The second-order valence-electron chi connectivity index (χ2n) is 7.46. The predicted molar refractivity (Wildman–Crippen MR) is 112 cm³/mol. The highest BCUT2D eigenvalue weighted by molar-refractivity contribution is 5.79. The minimum Gasteiger partial charge on any atom is -0.474 e. The van der Waals surface area contributed by atoms with E-state index in [-0.39, 0.29) is 0 Å². The van der Waals surface area contributed by atoms with Crippen molar-refractivity contribution in [1.29, 1.82) is 0 Å². The molecule has 0 aromatic carbocycles. The van der Waals surface area contributed by atoms with E-state index in [2.05, 4.69) is 38.5 Å². The standard InChI is InChI=1S/C21H35N5O2/c1-2-22-21(23-10-5-11-26-12-14-27-15-13-26)25-17-18-8-9-20(24-16-18)28-19-6-3-4-7-19/h8-9,16,19H,2-7,10-15,17H2,1H3,(H2,22,23,25). The minimum absolute atomic E-state index is 0.346. The van der Waals surface area contributed by atoms with E-state index in [1.165, 1.54) is 12.8 Å². The number of guanidine groups is 1. The molecule has 0 bridgehead atoms. The Bertz CT molecular complexity index is 581. The van der Waals surface area contributed by atoms with Crippen LogP contribution in [0.2, 0.25) is 0 Å². The molecule has 2 heterocycles. The number of rotatable bonds is 9. The van der Waals surface area contributed by atoms with Gasteiger partial charge in [-0.3, -0.25) is 4.90 Å². The lowest BCUT2D eigenvalue weighted by Gasteiger charge is -2.26. The van der Waals surface area contributed by atoms with Crippen molar-refractivity contribution in [3.8, 4) is 5.88 Å². The molecule has 0 radical (unpaired) electrons. The van der Waals surface area contributed by atoms with Crippen molar-refractivity contribution in [2.45, 2.75) is 51.7 Å². The number of hydrogen-bond donors (Lipinski definition) is 2. The Morgan fingerprint density at radius 2 is 2.07 bits per heavy atom. The van der Waals surface area contributed by atoms with Crippen molar-refractivity contribution < 1.29 is 9.47 Å². The van der Waals surface area contributed by atoms with Crippen LogP contribution in [-0.2, 0) is 11.3 Å². The first-order valence-corrected chi connectivity index (χ1v) is 10.8. The Balaban J connectivity index is 1.39. The van der Waals surface area contributed by atoms with Gasteiger partial charge in [0.2, 0.25) is 5.88 Å². The molecule has 0 amide bonds. The summed E-state index contributed by atoms with van der Waals surface area (Å²) in [6, 6.07) is 4.02. The molecule has 1 saturated heterocycles. The number of nitrogens with zero attached hydrogens (tertiary/aromatic N) is 3. The molecule has 2 fully saturated rings. The van der Waals surface area contributed by atoms with Crippen LogP contribution >= 0.6 is 0 Å². The molecule has 1 aliphatic heterocycles. The SMILES string of the molecule is CCNC(=NCc1ccc(OC2CCCC2)nc1)NCCCN1CCOCC1. The summed E-state index contributed by atoms with van der Waals surface area (Å²) in [5, 5.41) is 6.74. The van der Waals surface area contributed by atoms with Gasteiger partial charge in [-0.05, 0) is 51.1 Å². The molecule has 7 nitrogen and oxygen atoms in total. The molecular formula is C21H35N5O2. The number of nitrogens with one attached hydrogen (secondary N) is 2. The van der Waals surface area contributed by atoms with Crippen LogP contribution in [0.4, 0.5) is 0 Å². The topological polar surface area (TPSA) is 71.0 Å². The number of ether oxygens (including phenoxy) is 2. The van der Waals surface area contributed by atoms with Gasteiger partial charge in [0.05, 0.1) is 19.8 Å². The van der Waals surface area contributed by atoms with Gasteiger partial charge in [-0.15, -0.1) is 0 Å². The zero-order valence-electron chi connectivity index (χ0n) is 17.2. The van der Waals surface area contributed by atoms with Crippen molar-refractivity contribution in [2.75, 3.05) is 45.9 Å². The van der Waals surface area contributed by atoms with Crippen molar-refractivity contribution in [2.24, 2.45) is 4.99 Å². The van der Waals surface area contributed by atoms with Gasteiger partial charge in [-0.1, -0.05) is 6.07 Å². The molecule has 1 aliphatic carbocycles. The van der Waals surface area contributed by atoms with Gasteiger partial charge in [-0.25, -0.2) is 9.98 Å². The average Bonchev–Trinajstić information content (AvgIpc) is 3.24. The molecule has 2 N–H and O–H groups in total. The van der Waals surface area contributed by atoms with E-state index in [4.69, 9.17) is 9.47 Å². The quantitative estimate of drug-likeness (QED) is 0.383. The molecule has 0 atom stereocenters. The summed E-state index contributed by atoms with van der Waals surface area (Å²) in [5.74, 6) is 1.59. The van der Waals surface area contributed by atoms with Crippen LogP contribution in [0.1, 0.15) is 44.6 Å². The summed E-state index contributed by atoms with van der Waals surface area (Å²) in [7, 11) is 0. The second kappa shape index (κ2) is 11.9. The Morgan fingerprint density at radius 3 is 2.79 bits per heavy atom. The first kappa shape index (κ1) is 20.9. The van der Waals surface area contributed by atoms with Crippen LogP contribution in [-0.4, -0.2) is 67.9 Å². The maximum absolute atomic E-state index is 5.93. The predicted octanol–water partition coefficient (Wildman–Crippen LogP) is 2.18. The third-order valence-corrected chi connectivity index (χ3v) is 5.20. The van der Waals surface area contributed by atoms with Crippen LogP contribution in [0.25, 0.3) is 0 Å².